The molecule has 1 aliphatic heterocycles. The summed E-state index contributed by atoms with van der Waals surface area (Å²) in [5, 5.41) is 3.11. The molecule has 180 valence electrons. The van der Waals surface area contributed by atoms with Crippen molar-refractivity contribution in [3.05, 3.63) is 64.6 Å². The Hall–Kier alpha value is -3.26. The summed E-state index contributed by atoms with van der Waals surface area (Å²) in [7, 11) is 2.11. The second kappa shape index (κ2) is 11.2. The molecule has 3 aromatic rings. The van der Waals surface area contributed by atoms with Crippen molar-refractivity contribution in [3.63, 3.8) is 0 Å². The van der Waals surface area contributed by atoms with Gasteiger partial charge in [-0.15, -0.1) is 0 Å². The van der Waals surface area contributed by atoms with Crippen LogP contribution in [0, 0.1) is 5.92 Å². The van der Waals surface area contributed by atoms with Crippen molar-refractivity contribution in [1.29, 1.82) is 0 Å². The van der Waals surface area contributed by atoms with Gasteiger partial charge in [0.05, 0.1) is 0 Å². The highest BCUT2D eigenvalue weighted by Crippen LogP contribution is 2.21. The van der Waals surface area contributed by atoms with Crippen LogP contribution in [0.25, 0.3) is 11.2 Å². The highest BCUT2D eigenvalue weighted by atomic mass is 16.2. The van der Waals surface area contributed by atoms with Crippen molar-refractivity contribution in [2.75, 3.05) is 38.1 Å². The zero-order chi connectivity index (χ0) is 23.9. The van der Waals surface area contributed by atoms with Crippen LogP contribution in [0.4, 0.5) is 5.82 Å². The standard InChI is InChI=1S/C26H34N6O2/c1-3-32-23-22(11-7-14-27-23)29-24(26(32)34)31-17-12-21(13-18-31)25(33)28-15-8-16-30(2)19-20-9-5-4-6-10-20/h4-7,9-11,14,21H,3,8,12-13,15-19H2,1-2H3,(H,28,33). The Morgan fingerprint density at radius 2 is 1.91 bits per heavy atom. The summed E-state index contributed by atoms with van der Waals surface area (Å²) < 4.78 is 1.67. The fourth-order valence-electron chi connectivity index (χ4n) is 4.59. The number of carbonyl (C=O) groups excluding carboxylic acids is 1. The maximum absolute atomic E-state index is 13.0. The monoisotopic (exact) mass is 462 g/mol. The Labute approximate surface area is 200 Å². The molecule has 0 saturated carbocycles. The number of aromatic nitrogens is 3. The van der Waals surface area contributed by atoms with Gasteiger partial charge in [0.25, 0.3) is 5.56 Å². The Bertz CT molecular complexity index is 1150. The van der Waals surface area contributed by atoms with Gasteiger partial charge in [-0.25, -0.2) is 9.97 Å². The molecule has 0 bridgehead atoms. The number of rotatable bonds is 9. The molecular formula is C26H34N6O2. The van der Waals surface area contributed by atoms with Gasteiger partial charge in [0.1, 0.15) is 5.52 Å². The molecule has 2 aromatic heterocycles. The summed E-state index contributed by atoms with van der Waals surface area (Å²) in [6.45, 7) is 6.30. The van der Waals surface area contributed by atoms with Gasteiger partial charge in [-0.3, -0.25) is 14.2 Å². The van der Waals surface area contributed by atoms with Gasteiger partial charge in [-0.1, -0.05) is 30.3 Å². The average Bonchev–Trinajstić information content (AvgIpc) is 2.87. The molecule has 4 rings (SSSR count). The van der Waals surface area contributed by atoms with Crippen LogP contribution < -0.4 is 15.8 Å². The molecule has 0 unspecified atom stereocenters. The van der Waals surface area contributed by atoms with Gasteiger partial charge in [-0.05, 0) is 57.5 Å². The highest BCUT2D eigenvalue weighted by molar-refractivity contribution is 5.79. The molecule has 0 aliphatic carbocycles. The topological polar surface area (TPSA) is 83.4 Å². The summed E-state index contributed by atoms with van der Waals surface area (Å²) in [6.07, 6.45) is 4.04. The number of nitrogens with zero attached hydrogens (tertiary/aromatic N) is 5. The number of pyridine rings is 1. The van der Waals surface area contributed by atoms with Crippen molar-refractivity contribution in [3.8, 4) is 0 Å². The van der Waals surface area contributed by atoms with E-state index in [9.17, 15) is 9.59 Å². The third-order valence-corrected chi connectivity index (χ3v) is 6.48. The van der Waals surface area contributed by atoms with E-state index in [-0.39, 0.29) is 17.4 Å². The minimum atomic E-state index is -0.115. The summed E-state index contributed by atoms with van der Waals surface area (Å²) in [4.78, 5) is 38.9. The molecule has 0 radical (unpaired) electrons. The first kappa shape index (κ1) is 23.9. The third kappa shape index (κ3) is 5.62. The van der Waals surface area contributed by atoms with Gasteiger partial charge >= 0.3 is 0 Å². The van der Waals surface area contributed by atoms with Crippen LogP contribution in [0.15, 0.2) is 53.5 Å². The fourth-order valence-corrected chi connectivity index (χ4v) is 4.59. The molecule has 34 heavy (non-hydrogen) atoms. The Morgan fingerprint density at radius 1 is 1.15 bits per heavy atom. The first-order valence-electron chi connectivity index (χ1n) is 12.2. The van der Waals surface area contributed by atoms with Crippen LogP contribution >= 0.6 is 0 Å². The van der Waals surface area contributed by atoms with Gasteiger partial charge < -0.3 is 15.1 Å². The number of carbonyl (C=O) groups is 1. The molecule has 8 nitrogen and oxygen atoms in total. The Morgan fingerprint density at radius 3 is 2.65 bits per heavy atom. The number of piperidine rings is 1. The van der Waals surface area contributed by atoms with E-state index < -0.39 is 0 Å². The van der Waals surface area contributed by atoms with Crippen molar-refractivity contribution < 1.29 is 4.79 Å². The maximum atomic E-state index is 13.0. The largest absolute Gasteiger partial charge is 0.356 e. The van der Waals surface area contributed by atoms with Crippen molar-refractivity contribution >= 4 is 22.9 Å². The van der Waals surface area contributed by atoms with E-state index in [2.05, 4.69) is 51.5 Å². The Kier molecular flexibility index (Phi) is 7.90. The van der Waals surface area contributed by atoms with E-state index in [1.54, 1.807) is 10.8 Å². The smallest absolute Gasteiger partial charge is 0.295 e. The van der Waals surface area contributed by atoms with Crippen LogP contribution in [0.5, 0.6) is 0 Å². The van der Waals surface area contributed by atoms with Gasteiger partial charge in [0.15, 0.2) is 11.5 Å². The number of aryl methyl sites for hydroxylation is 1. The third-order valence-electron chi connectivity index (χ3n) is 6.48. The second-order valence-corrected chi connectivity index (χ2v) is 8.96. The molecule has 3 heterocycles. The normalized spacial score (nSPS) is 14.6. The summed E-state index contributed by atoms with van der Waals surface area (Å²) in [5.74, 6) is 0.559. The predicted octanol–water partition coefficient (Wildman–Crippen LogP) is 2.67. The first-order valence-corrected chi connectivity index (χ1v) is 12.2. The van der Waals surface area contributed by atoms with E-state index in [1.807, 2.05) is 30.0 Å². The minimum absolute atomic E-state index is 0.0196. The number of amides is 1. The van der Waals surface area contributed by atoms with E-state index in [0.29, 0.717) is 37.6 Å². The molecule has 1 aliphatic rings. The number of benzene rings is 1. The lowest BCUT2D eigenvalue weighted by Crippen LogP contribution is -2.43. The molecule has 1 N–H and O–H groups in total. The van der Waals surface area contributed by atoms with Gasteiger partial charge in [0, 0.05) is 44.8 Å². The van der Waals surface area contributed by atoms with Crippen molar-refractivity contribution in [1.82, 2.24) is 24.8 Å². The molecule has 0 atom stereocenters. The Balaban J connectivity index is 1.25. The zero-order valence-corrected chi connectivity index (χ0v) is 20.1. The van der Waals surface area contributed by atoms with Crippen molar-refractivity contribution in [2.45, 2.75) is 39.3 Å². The lowest BCUT2D eigenvalue weighted by Gasteiger charge is -2.32. The minimum Gasteiger partial charge on any atom is -0.356 e. The molecule has 1 saturated heterocycles. The first-order chi connectivity index (χ1) is 16.6. The summed E-state index contributed by atoms with van der Waals surface area (Å²) in [5.41, 5.74) is 2.51. The maximum Gasteiger partial charge on any atom is 0.295 e. The van der Waals surface area contributed by atoms with Crippen LogP contribution in [-0.2, 0) is 17.9 Å². The van der Waals surface area contributed by atoms with Gasteiger partial charge in [0.2, 0.25) is 5.91 Å². The second-order valence-electron chi connectivity index (χ2n) is 8.96. The molecule has 1 fully saturated rings. The highest BCUT2D eigenvalue weighted by Gasteiger charge is 2.27. The molecular weight excluding hydrogens is 428 g/mol. The lowest BCUT2D eigenvalue weighted by molar-refractivity contribution is -0.125. The van der Waals surface area contributed by atoms with E-state index in [0.717, 1.165) is 37.9 Å². The summed E-state index contributed by atoms with van der Waals surface area (Å²) in [6, 6.07) is 14.1. The van der Waals surface area contributed by atoms with E-state index in [4.69, 9.17) is 0 Å². The number of hydrogen-bond acceptors (Lipinski definition) is 6. The van der Waals surface area contributed by atoms with E-state index in [1.165, 1.54) is 5.56 Å². The number of hydrogen-bond donors (Lipinski definition) is 1. The molecule has 8 heteroatoms. The van der Waals surface area contributed by atoms with Gasteiger partial charge in [-0.2, -0.15) is 0 Å². The predicted molar refractivity (Wildman–Crippen MR) is 135 cm³/mol. The zero-order valence-electron chi connectivity index (χ0n) is 20.1. The molecule has 0 spiro atoms. The molecule has 1 aromatic carbocycles. The summed E-state index contributed by atoms with van der Waals surface area (Å²) >= 11 is 0. The average molecular weight is 463 g/mol. The fraction of sp³-hybridized carbons (Fsp3) is 0.462. The van der Waals surface area contributed by atoms with Crippen molar-refractivity contribution in [2.24, 2.45) is 5.92 Å². The van der Waals surface area contributed by atoms with E-state index >= 15 is 0 Å². The van der Waals surface area contributed by atoms with Crippen LogP contribution in [-0.4, -0.2) is 58.6 Å². The van der Waals surface area contributed by atoms with Crippen LogP contribution in [0.2, 0.25) is 0 Å². The van der Waals surface area contributed by atoms with Crippen LogP contribution in [0.1, 0.15) is 31.7 Å². The number of fused-ring (bicyclic) bond motifs is 1. The lowest BCUT2D eigenvalue weighted by atomic mass is 9.96. The SMILES string of the molecule is CCn1c(=O)c(N2CCC(C(=O)NCCCN(C)Cc3ccccc3)CC2)nc2cccnc21. The number of nitrogens with one attached hydrogen (secondary N) is 1. The van der Waals surface area contributed by atoms with Crippen LogP contribution in [0.3, 0.4) is 0 Å². The quantitative estimate of drug-likeness (QED) is 0.493. The number of anilines is 1. The molecule has 1 amide bonds.